The van der Waals surface area contributed by atoms with E-state index in [4.69, 9.17) is 5.73 Å². The summed E-state index contributed by atoms with van der Waals surface area (Å²) < 4.78 is 0. The lowest BCUT2D eigenvalue weighted by Crippen LogP contribution is -2.43. The Morgan fingerprint density at radius 3 is 2.76 bits per heavy atom. The predicted molar refractivity (Wildman–Crippen MR) is 84.9 cm³/mol. The normalized spacial score (nSPS) is 37.5. The summed E-state index contributed by atoms with van der Waals surface area (Å²) in [6, 6.07) is 1.31. The first-order valence-electron chi connectivity index (χ1n) is 8.89. The minimum atomic E-state index is 0.275. The fourth-order valence-corrected chi connectivity index (χ4v) is 4.78. The van der Waals surface area contributed by atoms with Crippen LogP contribution >= 0.6 is 0 Å². The van der Waals surface area contributed by atoms with Crippen LogP contribution < -0.4 is 5.73 Å². The average molecular weight is 293 g/mol. The van der Waals surface area contributed by atoms with Crippen molar-refractivity contribution in [1.29, 1.82) is 0 Å². The molecule has 2 bridgehead atoms. The molecule has 0 spiro atoms. The molecule has 0 aromatic rings. The van der Waals surface area contributed by atoms with E-state index in [1.165, 1.54) is 25.7 Å². The van der Waals surface area contributed by atoms with Crippen molar-refractivity contribution in [2.45, 2.75) is 63.5 Å². The Morgan fingerprint density at radius 2 is 1.95 bits per heavy atom. The number of carbonyl (C=O) groups is 1. The number of rotatable bonds is 3. The van der Waals surface area contributed by atoms with Crippen LogP contribution in [0.1, 0.15) is 51.4 Å². The summed E-state index contributed by atoms with van der Waals surface area (Å²) in [5.74, 6) is 1.40. The zero-order chi connectivity index (χ0) is 14.8. The summed E-state index contributed by atoms with van der Waals surface area (Å²) >= 11 is 0. The Hall–Kier alpha value is -0.610. The topological polar surface area (TPSA) is 49.6 Å². The molecule has 1 amide bonds. The van der Waals surface area contributed by atoms with Crippen LogP contribution in [0, 0.1) is 11.8 Å². The Balaban J connectivity index is 1.59. The highest BCUT2D eigenvalue weighted by atomic mass is 16.2. The van der Waals surface area contributed by atoms with E-state index in [0.717, 1.165) is 45.3 Å². The van der Waals surface area contributed by atoms with E-state index in [-0.39, 0.29) is 5.92 Å². The molecule has 2 heterocycles. The summed E-state index contributed by atoms with van der Waals surface area (Å²) in [5.41, 5.74) is 5.70. The molecular weight excluding hydrogens is 262 g/mol. The van der Waals surface area contributed by atoms with E-state index in [2.05, 4.69) is 16.8 Å². The van der Waals surface area contributed by atoms with Crippen molar-refractivity contribution in [3.63, 3.8) is 0 Å². The first-order valence-corrected chi connectivity index (χ1v) is 8.89. The van der Waals surface area contributed by atoms with E-state index < -0.39 is 0 Å². The summed E-state index contributed by atoms with van der Waals surface area (Å²) in [5, 5.41) is 0. The number of carbonyl (C=O) groups excluding carboxylic acids is 1. The average Bonchev–Trinajstić information content (AvgIpc) is 2.72. The molecule has 0 radical (unpaired) electrons. The van der Waals surface area contributed by atoms with Crippen molar-refractivity contribution in [1.82, 2.24) is 9.80 Å². The molecule has 4 nitrogen and oxygen atoms in total. The van der Waals surface area contributed by atoms with Gasteiger partial charge in [-0.05, 0) is 58.0 Å². The van der Waals surface area contributed by atoms with Gasteiger partial charge in [-0.25, -0.2) is 0 Å². The molecule has 2 saturated heterocycles. The molecule has 3 rings (SSSR count). The van der Waals surface area contributed by atoms with Crippen molar-refractivity contribution >= 4 is 5.91 Å². The molecule has 0 aromatic heterocycles. The maximum absolute atomic E-state index is 12.9. The number of likely N-dealkylation sites (tertiary alicyclic amines) is 1. The third kappa shape index (κ3) is 3.26. The van der Waals surface area contributed by atoms with Gasteiger partial charge in [-0.1, -0.05) is 12.8 Å². The zero-order valence-electron chi connectivity index (χ0n) is 13.5. The third-order valence-electron chi connectivity index (χ3n) is 6.17. The minimum Gasteiger partial charge on any atom is -0.341 e. The fourth-order valence-electron chi connectivity index (χ4n) is 4.78. The van der Waals surface area contributed by atoms with Gasteiger partial charge in [0.25, 0.3) is 0 Å². The number of amides is 1. The second-order valence-electron chi connectivity index (χ2n) is 7.43. The smallest absolute Gasteiger partial charge is 0.225 e. The maximum Gasteiger partial charge on any atom is 0.225 e. The number of hydrogen-bond acceptors (Lipinski definition) is 3. The van der Waals surface area contributed by atoms with E-state index >= 15 is 0 Å². The van der Waals surface area contributed by atoms with Crippen molar-refractivity contribution in [3.8, 4) is 0 Å². The molecule has 2 aliphatic heterocycles. The van der Waals surface area contributed by atoms with Gasteiger partial charge < -0.3 is 10.6 Å². The summed E-state index contributed by atoms with van der Waals surface area (Å²) in [6.45, 7) is 2.70. The first-order chi connectivity index (χ1) is 10.2. The Morgan fingerprint density at radius 1 is 1.14 bits per heavy atom. The molecular formula is C17H31N3O. The van der Waals surface area contributed by atoms with E-state index in [1.54, 1.807) is 0 Å². The van der Waals surface area contributed by atoms with Gasteiger partial charge in [-0.15, -0.1) is 0 Å². The maximum atomic E-state index is 12.9. The van der Waals surface area contributed by atoms with E-state index in [0.29, 0.717) is 23.9 Å². The number of nitrogens with zero attached hydrogens (tertiary/aromatic N) is 2. The molecule has 2 N–H and O–H groups in total. The number of likely N-dealkylation sites (N-methyl/N-ethyl adjacent to an activating group) is 1. The Bertz CT molecular complexity index is 371. The number of fused-ring (bicyclic) bond motifs is 2. The lowest BCUT2D eigenvalue weighted by atomic mass is 9.79. The molecule has 3 aliphatic rings. The Kier molecular flexibility index (Phi) is 4.85. The van der Waals surface area contributed by atoms with Crippen molar-refractivity contribution in [2.24, 2.45) is 17.6 Å². The largest absolute Gasteiger partial charge is 0.341 e. The van der Waals surface area contributed by atoms with Gasteiger partial charge in [-0.3, -0.25) is 9.69 Å². The van der Waals surface area contributed by atoms with Gasteiger partial charge >= 0.3 is 0 Å². The first kappa shape index (κ1) is 15.3. The molecule has 1 aliphatic carbocycles. The minimum absolute atomic E-state index is 0.275. The SMILES string of the molecule is CN1C2CCC1CN(C(=O)C1CCCC(CCN)C1)CC2. The highest BCUT2D eigenvalue weighted by molar-refractivity contribution is 5.79. The standard InChI is InChI=1S/C17H31N3O/c1-19-15-5-6-16(19)12-20(10-8-15)17(21)14-4-2-3-13(11-14)7-9-18/h13-16H,2-12,18H2,1H3. The van der Waals surface area contributed by atoms with Gasteiger partial charge in [0.15, 0.2) is 0 Å². The third-order valence-corrected chi connectivity index (χ3v) is 6.17. The van der Waals surface area contributed by atoms with E-state index in [1.807, 2.05) is 0 Å². The van der Waals surface area contributed by atoms with Gasteiger partial charge in [0.05, 0.1) is 0 Å². The number of hydrogen-bond donors (Lipinski definition) is 1. The van der Waals surface area contributed by atoms with Crippen LogP contribution in [0.25, 0.3) is 0 Å². The highest BCUT2D eigenvalue weighted by Crippen LogP contribution is 2.34. The van der Waals surface area contributed by atoms with Crippen LogP contribution in [-0.4, -0.2) is 54.5 Å². The van der Waals surface area contributed by atoms with Crippen molar-refractivity contribution in [3.05, 3.63) is 0 Å². The molecule has 4 atom stereocenters. The fraction of sp³-hybridized carbons (Fsp3) is 0.941. The molecule has 4 heteroatoms. The van der Waals surface area contributed by atoms with Crippen molar-refractivity contribution < 1.29 is 4.79 Å². The van der Waals surface area contributed by atoms with Crippen LogP contribution in [0.4, 0.5) is 0 Å². The summed E-state index contributed by atoms with van der Waals surface area (Å²) in [6.07, 6.45) is 9.51. The molecule has 21 heavy (non-hydrogen) atoms. The van der Waals surface area contributed by atoms with Crippen LogP contribution in [0.3, 0.4) is 0 Å². The monoisotopic (exact) mass is 293 g/mol. The molecule has 0 aromatic carbocycles. The van der Waals surface area contributed by atoms with Crippen LogP contribution in [0.5, 0.6) is 0 Å². The van der Waals surface area contributed by atoms with Gasteiger partial charge in [-0.2, -0.15) is 0 Å². The van der Waals surface area contributed by atoms with Crippen molar-refractivity contribution in [2.75, 3.05) is 26.7 Å². The highest BCUT2D eigenvalue weighted by Gasteiger charge is 2.38. The molecule has 120 valence electrons. The lowest BCUT2D eigenvalue weighted by Gasteiger charge is -2.33. The van der Waals surface area contributed by atoms with Crippen LogP contribution in [0.15, 0.2) is 0 Å². The second-order valence-corrected chi connectivity index (χ2v) is 7.43. The lowest BCUT2D eigenvalue weighted by molar-refractivity contribution is -0.137. The van der Waals surface area contributed by atoms with Gasteiger partial charge in [0.1, 0.15) is 0 Å². The second kappa shape index (κ2) is 6.66. The molecule has 4 unspecified atom stereocenters. The summed E-state index contributed by atoms with van der Waals surface area (Å²) in [4.78, 5) is 17.6. The van der Waals surface area contributed by atoms with Crippen LogP contribution in [-0.2, 0) is 4.79 Å². The molecule has 1 saturated carbocycles. The Labute approximate surface area is 129 Å². The number of nitrogens with two attached hydrogens (primary N) is 1. The zero-order valence-corrected chi connectivity index (χ0v) is 13.5. The predicted octanol–water partition coefficient (Wildman–Crippen LogP) is 1.84. The molecule has 3 fully saturated rings. The van der Waals surface area contributed by atoms with Gasteiger partial charge in [0.2, 0.25) is 5.91 Å². The summed E-state index contributed by atoms with van der Waals surface area (Å²) in [7, 11) is 2.24. The quantitative estimate of drug-likeness (QED) is 0.864. The van der Waals surface area contributed by atoms with Gasteiger partial charge in [0, 0.05) is 31.1 Å². The van der Waals surface area contributed by atoms with Crippen LogP contribution in [0.2, 0.25) is 0 Å². The van der Waals surface area contributed by atoms with E-state index in [9.17, 15) is 4.79 Å².